The van der Waals surface area contributed by atoms with Crippen LogP contribution in [0.5, 0.6) is 0 Å². The van der Waals surface area contributed by atoms with Gasteiger partial charge < -0.3 is 15.5 Å². The normalized spacial score (nSPS) is 15.3. The predicted molar refractivity (Wildman–Crippen MR) is 110 cm³/mol. The fourth-order valence-corrected chi connectivity index (χ4v) is 3.14. The molecule has 3 rings (SSSR count). The Morgan fingerprint density at radius 1 is 1.19 bits per heavy atom. The van der Waals surface area contributed by atoms with Crippen LogP contribution in [0, 0.1) is 5.92 Å². The summed E-state index contributed by atoms with van der Waals surface area (Å²) in [7, 11) is 0. The van der Waals surface area contributed by atoms with Gasteiger partial charge >= 0.3 is 0 Å². The molecule has 0 bridgehead atoms. The zero-order valence-electron chi connectivity index (χ0n) is 16.2. The highest BCUT2D eigenvalue weighted by Gasteiger charge is 2.13. The molecule has 0 aliphatic carbocycles. The summed E-state index contributed by atoms with van der Waals surface area (Å²) >= 11 is 0. The number of benzene rings is 1. The Kier molecular flexibility index (Phi) is 6.63. The lowest BCUT2D eigenvalue weighted by molar-refractivity contribution is -0.119. The zero-order chi connectivity index (χ0) is 19.1. The number of rotatable bonds is 7. The molecule has 0 spiro atoms. The molecule has 0 saturated carbocycles. The Morgan fingerprint density at radius 2 is 2.00 bits per heavy atom. The lowest BCUT2D eigenvalue weighted by Gasteiger charge is -2.27. The lowest BCUT2D eigenvalue weighted by Crippen LogP contribution is -2.30. The zero-order valence-corrected chi connectivity index (χ0v) is 16.2. The SMILES string of the molecule is CCC(C)C(=O)Nc1cccc(CNc2cc(N3CCCCC3)ncn2)c1. The Hall–Kier alpha value is -2.63. The Balaban J connectivity index is 1.60. The highest BCUT2D eigenvalue weighted by Crippen LogP contribution is 2.20. The van der Waals surface area contributed by atoms with Crippen LogP contribution in [-0.2, 0) is 11.3 Å². The van der Waals surface area contributed by atoms with Crippen LogP contribution >= 0.6 is 0 Å². The average molecular weight is 367 g/mol. The molecule has 1 aliphatic heterocycles. The predicted octanol–water partition coefficient (Wildman–Crippen LogP) is 4.06. The van der Waals surface area contributed by atoms with E-state index in [2.05, 4.69) is 25.5 Å². The van der Waals surface area contributed by atoms with Gasteiger partial charge in [-0.25, -0.2) is 9.97 Å². The van der Waals surface area contributed by atoms with Gasteiger partial charge in [0.15, 0.2) is 0 Å². The van der Waals surface area contributed by atoms with E-state index in [1.807, 2.05) is 44.2 Å². The molecule has 1 aliphatic rings. The van der Waals surface area contributed by atoms with Crippen LogP contribution in [0.2, 0.25) is 0 Å². The smallest absolute Gasteiger partial charge is 0.227 e. The maximum Gasteiger partial charge on any atom is 0.227 e. The summed E-state index contributed by atoms with van der Waals surface area (Å²) in [6.45, 7) is 6.73. The third-order valence-electron chi connectivity index (χ3n) is 5.06. The summed E-state index contributed by atoms with van der Waals surface area (Å²) in [6.07, 6.45) is 6.20. The van der Waals surface area contributed by atoms with Crippen molar-refractivity contribution in [2.75, 3.05) is 28.6 Å². The molecule has 6 nitrogen and oxygen atoms in total. The highest BCUT2D eigenvalue weighted by molar-refractivity contribution is 5.92. The number of carbonyl (C=O) groups excluding carboxylic acids is 1. The Morgan fingerprint density at radius 3 is 2.78 bits per heavy atom. The third kappa shape index (κ3) is 5.42. The van der Waals surface area contributed by atoms with Crippen LogP contribution in [0.3, 0.4) is 0 Å². The molecular formula is C21H29N5O. The first kappa shape index (κ1) is 19.1. The van der Waals surface area contributed by atoms with Gasteiger partial charge in [0.1, 0.15) is 18.0 Å². The molecule has 0 radical (unpaired) electrons. The number of hydrogen-bond donors (Lipinski definition) is 2. The largest absolute Gasteiger partial charge is 0.366 e. The van der Waals surface area contributed by atoms with E-state index in [0.717, 1.165) is 42.4 Å². The fourth-order valence-electron chi connectivity index (χ4n) is 3.14. The van der Waals surface area contributed by atoms with Crippen LogP contribution < -0.4 is 15.5 Å². The molecule has 1 unspecified atom stereocenters. The van der Waals surface area contributed by atoms with Crippen molar-refractivity contribution in [3.8, 4) is 0 Å². The fraction of sp³-hybridized carbons (Fsp3) is 0.476. The molecule has 1 amide bonds. The third-order valence-corrected chi connectivity index (χ3v) is 5.06. The van der Waals surface area contributed by atoms with Crippen LogP contribution in [0.4, 0.5) is 17.3 Å². The molecule has 2 heterocycles. The molecule has 144 valence electrons. The second-order valence-electron chi connectivity index (χ2n) is 7.16. The highest BCUT2D eigenvalue weighted by atomic mass is 16.1. The van der Waals surface area contributed by atoms with Gasteiger partial charge in [-0.3, -0.25) is 4.79 Å². The first-order chi connectivity index (χ1) is 13.2. The van der Waals surface area contributed by atoms with E-state index in [0.29, 0.717) is 6.54 Å². The summed E-state index contributed by atoms with van der Waals surface area (Å²) in [5, 5.41) is 6.35. The van der Waals surface area contributed by atoms with E-state index < -0.39 is 0 Å². The van der Waals surface area contributed by atoms with Gasteiger partial charge in [-0.05, 0) is 43.4 Å². The average Bonchev–Trinajstić information content (AvgIpc) is 2.73. The van der Waals surface area contributed by atoms with Crippen molar-refractivity contribution in [1.82, 2.24) is 9.97 Å². The number of amides is 1. The van der Waals surface area contributed by atoms with Crippen LogP contribution in [0.25, 0.3) is 0 Å². The van der Waals surface area contributed by atoms with Gasteiger partial charge in [-0.15, -0.1) is 0 Å². The molecule has 1 aromatic heterocycles. The molecule has 1 saturated heterocycles. The monoisotopic (exact) mass is 367 g/mol. The second kappa shape index (κ2) is 9.35. The molecule has 1 fully saturated rings. The number of piperidine rings is 1. The van der Waals surface area contributed by atoms with Gasteiger partial charge in [-0.1, -0.05) is 26.0 Å². The Labute approximate surface area is 161 Å². The molecule has 6 heteroatoms. The lowest BCUT2D eigenvalue weighted by atomic mass is 10.1. The van der Waals surface area contributed by atoms with E-state index >= 15 is 0 Å². The van der Waals surface area contributed by atoms with Crippen molar-refractivity contribution in [2.24, 2.45) is 5.92 Å². The van der Waals surface area contributed by atoms with Gasteiger partial charge in [-0.2, -0.15) is 0 Å². The Bertz CT molecular complexity index is 758. The summed E-state index contributed by atoms with van der Waals surface area (Å²) < 4.78 is 0. The van der Waals surface area contributed by atoms with Crippen LogP contribution in [-0.4, -0.2) is 29.0 Å². The summed E-state index contributed by atoms with van der Waals surface area (Å²) in [4.78, 5) is 23.1. The van der Waals surface area contributed by atoms with E-state index in [1.165, 1.54) is 19.3 Å². The standard InChI is InChI=1S/C21H29N5O/c1-3-16(2)21(27)25-18-9-7-8-17(12-18)14-22-19-13-20(24-15-23-19)26-10-5-4-6-11-26/h7-9,12-13,15-16H,3-6,10-11,14H2,1-2H3,(H,25,27)(H,22,23,24). The van der Waals surface area contributed by atoms with Crippen molar-refractivity contribution in [2.45, 2.75) is 46.1 Å². The van der Waals surface area contributed by atoms with E-state index in [4.69, 9.17) is 0 Å². The molecule has 1 atom stereocenters. The van der Waals surface area contributed by atoms with Crippen molar-refractivity contribution in [1.29, 1.82) is 0 Å². The topological polar surface area (TPSA) is 70.2 Å². The van der Waals surface area contributed by atoms with Crippen molar-refractivity contribution < 1.29 is 4.79 Å². The number of hydrogen-bond acceptors (Lipinski definition) is 5. The van der Waals surface area contributed by atoms with Gasteiger partial charge in [0.05, 0.1) is 0 Å². The minimum atomic E-state index is 0.0148. The molecule has 1 aromatic carbocycles. The number of nitrogens with one attached hydrogen (secondary N) is 2. The van der Waals surface area contributed by atoms with Crippen molar-refractivity contribution in [3.63, 3.8) is 0 Å². The minimum Gasteiger partial charge on any atom is -0.366 e. The minimum absolute atomic E-state index is 0.0148. The second-order valence-corrected chi connectivity index (χ2v) is 7.16. The molecule has 2 aromatic rings. The van der Waals surface area contributed by atoms with Crippen molar-refractivity contribution in [3.05, 3.63) is 42.2 Å². The first-order valence-electron chi connectivity index (χ1n) is 9.86. The van der Waals surface area contributed by atoms with Crippen LogP contribution in [0.1, 0.15) is 45.1 Å². The van der Waals surface area contributed by atoms with E-state index in [1.54, 1.807) is 6.33 Å². The number of anilines is 3. The number of carbonyl (C=O) groups is 1. The number of aromatic nitrogens is 2. The van der Waals surface area contributed by atoms with E-state index in [9.17, 15) is 4.79 Å². The summed E-state index contributed by atoms with van der Waals surface area (Å²) in [5.41, 5.74) is 1.92. The van der Waals surface area contributed by atoms with Gasteiger partial charge in [0, 0.05) is 37.3 Å². The molecular weight excluding hydrogens is 338 g/mol. The van der Waals surface area contributed by atoms with Gasteiger partial charge in [0.2, 0.25) is 5.91 Å². The first-order valence-corrected chi connectivity index (χ1v) is 9.86. The maximum absolute atomic E-state index is 12.1. The molecule has 27 heavy (non-hydrogen) atoms. The maximum atomic E-state index is 12.1. The number of nitrogens with zero attached hydrogens (tertiary/aromatic N) is 3. The molecule has 2 N–H and O–H groups in total. The summed E-state index contributed by atoms with van der Waals surface area (Å²) in [5.74, 6) is 1.88. The van der Waals surface area contributed by atoms with E-state index in [-0.39, 0.29) is 11.8 Å². The summed E-state index contributed by atoms with van der Waals surface area (Å²) in [6, 6.07) is 9.93. The van der Waals surface area contributed by atoms with Crippen LogP contribution in [0.15, 0.2) is 36.7 Å². The van der Waals surface area contributed by atoms with Gasteiger partial charge in [0.25, 0.3) is 0 Å². The van der Waals surface area contributed by atoms with Crippen molar-refractivity contribution >= 4 is 23.2 Å². The quantitative estimate of drug-likeness (QED) is 0.772.